The highest BCUT2D eigenvalue weighted by Gasteiger charge is 2.30. The number of hydrogen-bond acceptors (Lipinski definition) is 30. The number of aromatic hydroxyl groups is 1. The van der Waals surface area contributed by atoms with Crippen LogP contribution in [0.4, 0.5) is 28.4 Å². The summed E-state index contributed by atoms with van der Waals surface area (Å²) in [5.74, 6) is 4.74. The van der Waals surface area contributed by atoms with Crippen LogP contribution in [0.25, 0.3) is 33.0 Å². The third-order valence-corrected chi connectivity index (χ3v) is 27.2. The van der Waals surface area contributed by atoms with Crippen LogP contribution < -0.4 is 69.7 Å². The number of primary amides is 1. The molecular weight excluding hydrogens is 2150 g/mol. The number of nitrogens with one attached hydrogen (secondary N) is 1. The van der Waals surface area contributed by atoms with E-state index >= 15 is 0 Å². The molecule has 20 heterocycles. The van der Waals surface area contributed by atoms with Crippen LogP contribution in [-0.2, 0) is 85.3 Å². The smallest absolute Gasteiger partial charge is 0.308 e. The highest BCUT2D eigenvalue weighted by Crippen LogP contribution is 2.38. The number of anilines is 5. The first kappa shape index (κ1) is 111. The molecule has 1 aliphatic carbocycles. The highest BCUT2D eigenvalue weighted by molar-refractivity contribution is 9.11. The second kappa shape index (κ2) is 53.2. The van der Waals surface area contributed by atoms with Crippen molar-refractivity contribution < 1.29 is 83.8 Å². The third-order valence-electron chi connectivity index (χ3n) is 22.3. The summed E-state index contributed by atoms with van der Waals surface area (Å²) in [6, 6.07) is 33.7. The number of nitrogens with zero attached hydrogens (tertiary/aromatic N) is 16. The van der Waals surface area contributed by atoms with Crippen LogP contribution >= 0.6 is 89.9 Å². The number of fused-ring (bicyclic) bond motifs is 8. The molecule has 7 N–H and O–H groups in total. The number of benzene rings is 2. The van der Waals surface area contributed by atoms with Gasteiger partial charge in [-0.25, -0.2) is 55.5 Å². The Bertz CT molecular complexity index is 7150. The Labute approximate surface area is 876 Å². The van der Waals surface area contributed by atoms with Gasteiger partial charge in [0.05, 0.1) is 131 Å². The molecule has 7 aliphatic heterocycles. The van der Waals surface area contributed by atoms with Gasteiger partial charge >= 0.3 is 5.97 Å². The SMILES string of the molecule is CC(=O)Oc1cnccc1Br.CN(c1ccccc1N)S(C)(=O)=O.CN(c1ccccc1Nc1cc(Cl)nc2c1c(=O)n(C)n2C1CCCCO1)S(C)(=O)=O.Clc1cc2c(cn1)OCC2.Clc1nccc2c1OCC2.Cn1c(=O)c2c(Cl)cc(Cl)nc2n1C1CCCCO1.NC(=O)C1CC1.O[n+]1ccc2c(c1)OCC2.Oc1cnccc1Br.c1cc2c(cn1)OCC2.c1cc2c(cn1)OCC2.c1cc2ccoc2cn1. The van der Waals surface area contributed by atoms with E-state index in [2.05, 4.69) is 82.0 Å². The Morgan fingerprint density at radius 2 is 1.04 bits per heavy atom. The van der Waals surface area contributed by atoms with Gasteiger partial charge in [0.15, 0.2) is 51.7 Å². The number of aromatic nitrogens is 14. The number of sulfonamides is 2. The number of halogens is 7. The number of pyridine rings is 10. The zero-order valence-electron chi connectivity index (χ0n) is 79.6. The second-order valence-electron chi connectivity index (χ2n) is 32.6. The van der Waals surface area contributed by atoms with Crippen molar-refractivity contribution in [3.05, 3.63) is 291 Å². The van der Waals surface area contributed by atoms with Gasteiger partial charge in [-0.1, -0.05) is 82.3 Å². The summed E-state index contributed by atoms with van der Waals surface area (Å²) < 4.78 is 105. The molecular formula is C98H105Br2Cl5N19O19S2+. The molecule has 145 heavy (non-hydrogen) atoms. The number of esters is 1. The number of hydrogen-bond donors (Lipinski definition) is 5. The largest absolute Gasteiger partial charge is 0.505 e. The first-order chi connectivity index (χ1) is 69.5. The molecule has 8 aliphatic rings. The minimum atomic E-state index is -3.48. The molecule has 47 heteroatoms. The van der Waals surface area contributed by atoms with Crippen molar-refractivity contribution in [2.45, 2.75) is 103 Å². The van der Waals surface area contributed by atoms with E-state index in [9.17, 15) is 36.0 Å². The van der Waals surface area contributed by atoms with Gasteiger partial charge in [-0.15, -0.1) is 0 Å². The molecule has 2 saturated heterocycles. The van der Waals surface area contributed by atoms with Crippen LogP contribution in [0.15, 0.2) is 231 Å². The lowest BCUT2D eigenvalue weighted by molar-refractivity contribution is -0.904. The van der Waals surface area contributed by atoms with Crippen LogP contribution in [0.5, 0.6) is 40.2 Å². The fraction of sp³-hybridized carbons (Fsp3) is 0.306. The Balaban J connectivity index is 0.000000145. The van der Waals surface area contributed by atoms with E-state index in [4.69, 9.17) is 122 Å². The summed E-state index contributed by atoms with van der Waals surface area (Å²) in [5, 5.41) is 24.6. The van der Waals surface area contributed by atoms with Gasteiger partial charge in [0, 0.05) is 168 Å². The maximum Gasteiger partial charge on any atom is 0.308 e. The first-order valence-electron chi connectivity index (χ1n) is 45.2. The molecule has 2 unspecified atom stereocenters. The van der Waals surface area contributed by atoms with Gasteiger partial charge in [0.2, 0.25) is 32.2 Å². The van der Waals surface area contributed by atoms with E-state index < -0.39 is 20.0 Å². The molecule has 2 atom stereocenters. The van der Waals surface area contributed by atoms with Crippen molar-refractivity contribution in [2.24, 2.45) is 25.7 Å². The fourth-order valence-corrected chi connectivity index (χ4v) is 17.3. The van der Waals surface area contributed by atoms with Gasteiger partial charge in [-0.2, -0.15) is 0 Å². The molecule has 15 aromatic rings. The summed E-state index contributed by atoms with van der Waals surface area (Å²) in [5.41, 5.74) is 20.2. The van der Waals surface area contributed by atoms with Crippen LogP contribution in [-0.4, -0.2) is 175 Å². The average molecular weight is 2250 g/mol. The molecule has 38 nitrogen and oxygen atoms in total. The molecule has 0 bridgehead atoms. The zero-order chi connectivity index (χ0) is 104. The summed E-state index contributed by atoms with van der Waals surface area (Å²) in [7, 11) is -0.399. The van der Waals surface area contributed by atoms with E-state index in [1.165, 1.54) is 81.0 Å². The predicted octanol–water partition coefficient (Wildman–Crippen LogP) is 17.2. The van der Waals surface area contributed by atoms with Gasteiger partial charge in [0.25, 0.3) is 17.3 Å². The van der Waals surface area contributed by atoms with Crippen LogP contribution in [0.3, 0.4) is 0 Å². The second-order valence-corrected chi connectivity index (χ2v) is 40.2. The van der Waals surface area contributed by atoms with Crippen LogP contribution in [0.1, 0.15) is 98.6 Å². The van der Waals surface area contributed by atoms with E-state index in [0.717, 1.165) is 182 Å². The first-order valence-corrected chi connectivity index (χ1v) is 52.3. The van der Waals surface area contributed by atoms with Crippen molar-refractivity contribution >= 4 is 183 Å². The Morgan fingerprint density at radius 3 is 1.58 bits per heavy atom. The number of carbonyl (C=O) groups excluding carboxylic acids is 2. The van der Waals surface area contributed by atoms with E-state index in [0.29, 0.717) is 89.3 Å². The predicted molar refractivity (Wildman–Crippen MR) is 559 cm³/mol. The van der Waals surface area contributed by atoms with E-state index in [1.54, 1.807) is 171 Å². The minimum absolute atomic E-state index is 0.130. The summed E-state index contributed by atoms with van der Waals surface area (Å²) in [6.45, 7) is 6.53. The van der Waals surface area contributed by atoms with Crippen LogP contribution in [0, 0.1) is 5.92 Å². The zero-order valence-corrected chi connectivity index (χ0v) is 88.2. The van der Waals surface area contributed by atoms with E-state index in [-0.39, 0.29) is 57.4 Å². The minimum Gasteiger partial charge on any atom is -0.505 e. The average Bonchev–Trinajstić information content (AvgIpc) is 1.61. The Hall–Kier alpha value is -13.0. The maximum atomic E-state index is 13.1. The molecule has 23 rings (SSSR count). The fourth-order valence-electron chi connectivity index (χ4n) is 14.6. The molecule has 0 radical (unpaired) electrons. The molecule has 2 aromatic carbocycles. The summed E-state index contributed by atoms with van der Waals surface area (Å²) in [6.07, 6.45) is 39.3. The number of furan rings is 1. The van der Waals surface area contributed by atoms with Crippen molar-refractivity contribution in [3.8, 4) is 40.2 Å². The molecule has 0 spiro atoms. The third kappa shape index (κ3) is 31.5. The van der Waals surface area contributed by atoms with Gasteiger partial charge in [-0.3, -0.25) is 57.9 Å². The standard InChI is InChI=1S/C20H24ClN5O4S.C12H13Cl2N3O2.C8H12N2O2S.C7H6BrNO2.2C7H6ClNO.C7H8NO2.2C7H7NO.C7H5NO.C5H4BrNO.C4H7NO/c1-24-20(27)18-14(22-13-8-4-5-9-15(13)25(2)31(3,28)29)12-16(21)23-19(18)26(24)17-10-6-7-11-30-17;1-16-12(18)10-7(13)6-8(14)15-11(10)17(16)9-4-2-3-5-19-9;1-10(13(2,11)12)8-6-4-3-5-7(8)9;1-5(10)11-7-4-9-3-2-6(7)8;8-7-6-5(1-3-9-7)2-4-10-6;8-7-3-5-1-2-10-6(5)4-9-7;9-8-3-1-6-2-4-10-7(6)5-8;3*1-3-8-5-7-6(1)2-4-9-7;6-4-1-2-7-3-5(4)8;5-4(6)3-1-2-3/h4-5,8-9,12,17H,6-7,10-11H2,1-3H3,(H,22,23);6,9H,2-5H2,1H3;3-6H,9H2,1-2H3;2-4H,1H3;1,3H,2,4H2;3-4H,1-2H2;1,3,5,9H,2,4H2;2*1,3,5H,2,4H2;1-5H;1-3,8H;3H,1-2H2,(H2,5,6)/q;;;;;;+1;;;;;. The van der Waals surface area contributed by atoms with Crippen molar-refractivity contribution in [1.82, 2.24) is 63.6 Å². The molecule has 1 amide bonds. The monoisotopic (exact) mass is 2250 g/mol. The number of nitrogen functional groups attached to an aromatic ring is 1. The molecule has 13 aromatic heterocycles. The lowest BCUT2D eigenvalue weighted by atomic mass is 10.2. The lowest BCUT2D eigenvalue weighted by Gasteiger charge is -2.25. The van der Waals surface area contributed by atoms with Crippen LogP contribution in [0.2, 0.25) is 25.6 Å². The normalized spacial score (nSPS) is 14.8. The number of amides is 1. The molecule has 3 fully saturated rings. The Kier molecular flexibility index (Phi) is 40.6. The number of para-hydroxylation sites is 4. The lowest BCUT2D eigenvalue weighted by Crippen LogP contribution is -2.28. The number of nitrogens with two attached hydrogens (primary N) is 2. The number of carbonyl (C=O) groups is 2. The van der Waals surface area contributed by atoms with Gasteiger partial charge in [-0.05, 0) is 168 Å². The van der Waals surface area contributed by atoms with Crippen molar-refractivity contribution in [2.75, 3.05) is 92.5 Å². The topological polar surface area (TPSA) is 474 Å². The molecule has 1 saturated carbocycles. The Morgan fingerprint density at radius 1 is 0.538 bits per heavy atom. The summed E-state index contributed by atoms with van der Waals surface area (Å²) >= 11 is 36.1. The summed E-state index contributed by atoms with van der Waals surface area (Å²) in [4.78, 5) is 81.5. The van der Waals surface area contributed by atoms with Gasteiger partial charge in [0.1, 0.15) is 49.2 Å². The van der Waals surface area contributed by atoms with E-state index in [1.807, 2.05) is 42.5 Å². The van der Waals surface area contributed by atoms with Crippen molar-refractivity contribution in [1.29, 1.82) is 0 Å². The molecule has 766 valence electrons. The quantitative estimate of drug-likeness (QED) is 0.0279. The number of ether oxygens (including phenoxy) is 8. The highest BCUT2D eigenvalue weighted by atomic mass is 79.9. The maximum absolute atomic E-state index is 13.1. The van der Waals surface area contributed by atoms with Crippen molar-refractivity contribution in [3.63, 3.8) is 0 Å². The van der Waals surface area contributed by atoms with Gasteiger partial charge < -0.3 is 64.2 Å². The number of rotatable bonds is 10.